The molecule has 3 aromatic heterocycles. The summed E-state index contributed by atoms with van der Waals surface area (Å²) < 4.78 is 66.2. The molecule has 4 atom stereocenters. The third kappa shape index (κ3) is 3.54. The first-order valence-corrected chi connectivity index (χ1v) is 13.5. The number of nitrogens with zero attached hydrogens (tertiary/aromatic N) is 4. The van der Waals surface area contributed by atoms with Crippen molar-refractivity contribution in [1.82, 2.24) is 20.3 Å². The summed E-state index contributed by atoms with van der Waals surface area (Å²) in [6.45, 7) is 7.51. The minimum Gasteiger partial charge on any atom is -0.472 e. The van der Waals surface area contributed by atoms with Crippen LogP contribution >= 0.6 is 0 Å². The maximum atomic E-state index is 16.9. The lowest BCUT2D eigenvalue weighted by Crippen LogP contribution is -2.66. The number of piperazine rings is 1. The summed E-state index contributed by atoms with van der Waals surface area (Å²) in [7, 11) is 0. The molecule has 40 heavy (non-hydrogen) atoms. The Bertz CT molecular complexity index is 1610. The van der Waals surface area contributed by atoms with Crippen molar-refractivity contribution in [3.8, 4) is 17.1 Å². The van der Waals surface area contributed by atoms with Gasteiger partial charge in [-0.05, 0) is 59.4 Å². The number of rotatable bonds is 2. The highest BCUT2D eigenvalue weighted by Crippen LogP contribution is 2.54. The lowest BCUT2D eigenvalue weighted by molar-refractivity contribution is -0.137. The number of aromatic nitrogens is 3. The van der Waals surface area contributed by atoms with Gasteiger partial charge in [0.15, 0.2) is 5.82 Å². The van der Waals surface area contributed by atoms with Crippen LogP contribution in [0.1, 0.15) is 62.0 Å². The van der Waals surface area contributed by atoms with Crippen LogP contribution in [0.2, 0.25) is 0 Å². The Morgan fingerprint density at radius 1 is 1.12 bits per heavy atom. The molecule has 6 heterocycles. The third-order valence-corrected chi connectivity index (χ3v) is 9.04. The summed E-state index contributed by atoms with van der Waals surface area (Å²) in [5.74, 6) is -0.704. The quantitative estimate of drug-likeness (QED) is 0.395. The summed E-state index contributed by atoms with van der Waals surface area (Å²) in [6.07, 6.45) is -2.64. The molecule has 12 heteroatoms. The SMILES string of the molecule is Cc1nc(N)cc(-c2nc3c4c(nc(C)c(C5(O)CC5)c4c2F)N2C[C@@]4(C)CC[C@H](N4)[C@H]2[C@H](C)O3)c1C(F)(F)F. The van der Waals surface area contributed by atoms with Crippen molar-refractivity contribution < 1.29 is 27.4 Å². The average Bonchev–Trinajstić information content (AvgIpc) is 3.53. The van der Waals surface area contributed by atoms with E-state index >= 15 is 4.39 Å². The van der Waals surface area contributed by atoms with Crippen molar-refractivity contribution >= 4 is 22.4 Å². The number of ether oxygens (including phenoxy) is 1. The molecule has 2 bridgehead atoms. The summed E-state index contributed by atoms with van der Waals surface area (Å²) in [6, 6.07) is 0.912. The highest BCUT2D eigenvalue weighted by Gasteiger charge is 2.53. The zero-order chi connectivity index (χ0) is 28.5. The smallest absolute Gasteiger partial charge is 0.418 e. The molecule has 4 N–H and O–H groups in total. The number of alkyl halides is 3. The van der Waals surface area contributed by atoms with Gasteiger partial charge in [0.25, 0.3) is 0 Å². The van der Waals surface area contributed by atoms with Crippen molar-refractivity contribution in [3.63, 3.8) is 0 Å². The Morgan fingerprint density at radius 2 is 1.85 bits per heavy atom. The molecule has 7 rings (SSSR count). The minimum absolute atomic E-state index is 0.00690. The van der Waals surface area contributed by atoms with Crippen LogP contribution in [0.5, 0.6) is 5.88 Å². The number of nitrogens with two attached hydrogens (primary N) is 1. The van der Waals surface area contributed by atoms with Gasteiger partial charge in [0.1, 0.15) is 23.4 Å². The summed E-state index contributed by atoms with van der Waals surface area (Å²) >= 11 is 0. The number of fused-ring (bicyclic) bond motifs is 5. The van der Waals surface area contributed by atoms with Crippen LogP contribution in [0, 0.1) is 19.7 Å². The minimum atomic E-state index is -4.84. The number of nitrogens with one attached hydrogen (secondary N) is 1. The van der Waals surface area contributed by atoms with Gasteiger partial charge in [-0.1, -0.05) is 0 Å². The second-order valence-electron chi connectivity index (χ2n) is 12.1. The van der Waals surface area contributed by atoms with Crippen LogP contribution in [0.25, 0.3) is 22.0 Å². The van der Waals surface area contributed by atoms with Gasteiger partial charge in [0.2, 0.25) is 5.88 Å². The number of halogens is 4. The molecule has 0 unspecified atom stereocenters. The van der Waals surface area contributed by atoms with Gasteiger partial charge in [-0.25, -0.2) is 19.3 Å². The highest BCUT2D eigenvalue weighted by atomic mass is 19.4. The Morgan fingerprint density at radius 3 is 2.52 bits per heavy atom. The Hall–Kier alpha value is -3.25. The highest BCUT2D eigenvalue weighted by molar-refractivity contribution is 6.02. The number of pyridine rings is 3. The van der Waals surface area contributed by atoms with E-state index in [2.05, 4.69) is 27.1 Å². The summed E-state index contributed by atoms with van der Waals surface area (Å²) in [5, 5.41) is 15.3. The predicted octanol–water partition coefficient (Wildman–Crippen LogP) is 4.51. The van der Waals surface area contributed by atoms with E-state index in [4.69, 9.17) is 15.5 Å². The molecule has 1 saturated carbocycles. The van der Waals surface area contributed by atoms with Crippen LogP contribution in [0.3, 0.4) is 0 Å². The van der Waals surface area contributed by atoms with Crippen molar-refractivity contribution in [2.75, 3.05) is 17.2 Å². The topological polar surface area (TPSA) is 109 Å². The second kappa shape index (κ2) is 7.94. The molecule has 3 aromatic rings. The zero-order valence-electron chi connectivity index (χ0n) is 22.6. The molecule has 0 amide bonds. The number of aryl methyl sites for hydroxylation is 2. The lowest BCUT2D eigenvalue weighted by atomic mass is 9.93. The monoisotopic (exact) mass is 558 g/mol. The largest absolute Gasteiger partial charge is 0.472 e. The molecule has 212 valence electrons. The molecule has 0 radical (unpaired) electrons. The first-order valence-electron chi connectivity index (χ1n) is 13.5. The van der Waals surface area contributed by atoms with Gasteiger partial charge in [0.05, 0.1) is 28.3 Å². The van der Waals surface area contributed by atoms with Crippen LogP contribution in [-0.4, -0.2) is 50.3 Å². The number of anilines is 2. The molecule has 1 aliphatic carbocycles. The van der Waals surface area contributed by atoms with Gasteiger partial charge in [0, 0.05) is 40.3 Å². The fourth-order valence-electron chi connectivity index (χ4n) is 7.27. The lowest BCUT2D eigenvalue weighted by Gasteiger charge is -2.46. The first-order chi connectivity index (χ1) is 18.7. The molecule has 0 spiro atoms. The number of hydrogen-bond acceptors (Lipinski definition) is 8. The van der Waals surface area contributed by atoms with Crippen molar-refractivity contribution in [2.45, 2.75) is 88.9 Å². The predicted molar refractivity (Wildman–Crippen MR) is 141 cm³/mol. The van der Waals surface area contributed by atoms with Crippen LogP contribution in [0.4, 0.5) is 29.2 Å². The maximum Gasteiger partial charge on any atom is 0.418 e. The Balaban J connectivity index is 1.59. The van der Waals surface area contributed by atoms with E-state index in [-0.39, 0.29) is 51.4 Å². The molecule has 8 nitrogen and oxygen atoms in total. The molecule has 4 aliphatic rings. The molecule has 0 aromatic carbocycles. The van der Waals surface area contributed by atoms with Crippen molar-refractivity contribution in [3.05, 3.63) is 34.4 Å². The Labute approximate surface area is 227 Å². The van der Waals surface area contributed by atoms with E-state index in [1.54, 1.807) is 6.92 Å². The number of aliphatic hydroxyl groups is 1. The average molecular weight is 559 g/mol. The molecule has 3 fully saturated rings. The fourth-order valence-corrected chi connectivity index (χ4v) is 7.27. The molecular formula is C28H30F4N6O2. The van der Waals surface area contributed by atoms with E-state index in [0.717, 1.165) is 18.9 Å². The van der Waals surface area contributed by atoms with Gasteiger partial charge >= 0.3 is 6.18 Å². The standard InChI is InChI=1S/C28H30F4N6O2/c1-11-19(28(30,31)32)14(9-16(33)34-11)22-21(29)17-18-24(35-12(2)20(17)27(39)7-8-27)38-10-26(4)6-5-15(37-26)23(38)13(3)40-25(18)36-22/h9,13,15,23,37,39H,5-8,10H2,1-4H3,(H2,33,34)/t13-,15-,23+,26+/m0/s1. The van der Waals surface area contributed by atoms with Gasteiger partial charge in [-0.3, -0.25) is 0 Å². The van der Waals surface area contributed by atoms with Crippen molar-refractivity contribution in [1.29, 1.82) is 0 Å². The molecule has 3 aliphatic heterocycles. The maximum absolute atomic E-state index is 16.9. The molecular weight excluding hydrogens is 528 g/mol. The fraction of sp³-hybridized carbons (Fsp3) is 0.536. The van der Waals surface area contributed by atoms with E-state index in [9.17, 15) is 18.3 Å². The van der Waals surface area contributed by atoms with Gasteiger partial charge in [-0.15, -0.1) is 0 Å². The van der Waals surface area contributed by atoms with E-state index < -0.39 is 40.5 Å². The van der Waals surface area contributed by atoms with E-state index in [0.29, 0.717) is 30.9 Å². The van der Waals surface area contributed by atoms with Crippen LogP contribution in [-0.2, 0) is 11.8 Å². The number of hydrogen-bond donors (Lipinski definition) is 3. The van der Waals surface area contributed by atoms with E-state index in [1.165, 1.54) is 6.92 Å². The second-order valence-corrected chi connectivity index (χ2v) is 12.1. The Kier molecular flexibility index (Phi) is 5.10. The first kappa shape index (κ1) is 25.7. The summed E-state index contributed by atoms with van der Waals surface area (Å²) in [5.41, 5.74) is 2.46. The van der Waals surface area contributed by atoms with E-state index in [1.807, 2.05) is 6.92 Å². The normalized spacial score (nSPS) is 28.3. The van der Waals surface area contributed by atoms with Gasteiger partial charge < -0.3 is 25.8 Å². The third-order valence-electron chi connectivity index (χ3n) is 9.04. The zero-order valence-corrected chi connectivity index (χ0v) is 22.6. The number of nitrogen functional groups attached to an aromatic ring is 1. The van der Waals surface area contributed by atoms with Gasteiger partial charge in [-0.2, -0.15) is 13.2 Å². The molecule has 2 saturated heterocycles. The van der Waals surface area contributed by atoms with Crippen LogP contribution < -0.4 is 20.7 Å². The van der Waals surface area contributed by atoms with Crippen LogP contribution in [0.15, 0.2) is 6.07 Å². The summed E-state index contributed by atoms with van der Waals surface area (Å²) in [4.78, 5) is 15.3. The van der Waals surface area contributed by atoms with Crippen molar-refractivity contribution in [2.24, 2.45) is 0 Å².